The molecule has 0 aromatic carbocycles. The molecule has 0 aromatic rings. The molecular formula is C13H25NO2. The number of rotatable bonds is 3. The zero-order chi connectivity index (χ0) is 12.6. The van der Waals surface area contributed by atoms with Crippen LogP contribution < -0.4 is 5.73 Å². The van der Waals surface area contributed by atoms with Crippen molar-refractivity contribution in [3.8, 4) is 0 Å². The lowest BCUT2D eigenvalue weighted by atomic mass is 9.56. The monoisotopic (exact) mass is 227 g/mol. The second kappa shape index (κ2) is 4.36. The Kier molecular flexibility index (Phi) is 3.68. The fourth-order valence-electron chi connectivity index (χ4n) is 3.33. The first-order valence-corrected chi connectivity index (χ1v) is 6.17. The van der Waals surface area contributed by atoms with Gasteiger partial charge in [-0.05, 0) is 42.9 Å². The second-order valence-corrected chi connectivity index (χ2v) is 6.36. The van der Waals surface area contributed by atoms with Crippen molar-refractivity contribution in [3.63, 3.8) is 0 Å². The van der Waals surface area contributed by atoms with E-state index in [1.54, 1.807) is 0 Å². The molecule has 0 aromatic heterocycles. The lowest BCUT2D eigenvalue weighted by Crippen LogP contribution is -2.50. The molecule has 94 valence electrons. The molecular weight excluding hydrogens is 202 g/mol. The van der Waals surface area contributed by atoms with Gasteiger partial charge < -0.3 is 10.8 Å². The zero-order valence-corrected chi connectivity index (χ0v) is 10.9. The standard InChI is InChI=1S/C13H25NO2/c1-9-7-12(3,4)5-6-13(9,10(2)14)8-11(15)16/h9-10H,5-8,14H2,1-4H3,(H,15,16). The molecule has 3 N–H and O–H groups in total. The SMILES string of the molecule is CC(N)C1(CC(=O)O)CCC(C)(C)CC1C. The molecule has 1 aliphatic rings. The van der Waals surface area contributed by atoms with Crippen molar-refractivity contribution >= 4 is 5.97 Å². The summed E-state index contributed by atoms with van der Waals surface area (Å²) in [5.41, 5.74) is 6.19. The summed E-state index contributed by atoms with van der Waals surface area (Å²) in [6.45, 7) is 8.63. The molecule has 0 radical (unpaired) electrons. The lowest BCUT2D eigenvalue weighted by molar-refractivity contribution is -0.143. The van der Waals surface area contributed by atoms with E-state index in [1.165, 1.54) is 0 Å². The van der Waals surface area contributed by atoms with Gasteiger partial charge in [-0.3, -0.25) is 4.79 Å². The smallest absolute Gasteiger partial charge is 0.303 e. The van der Waals surface area contributed by atoms with Gasteiger partial charge in [0.2, 0.25) is 0 Å². The van der Waals surface area contributed by atoms with E-state index in [2.05, 4.69) is 20.8 Å². The predicted octanol–water partition coefficient (Wildman–Crippen LogP) is 2.64. The van der Waals surface area contributed by atoms with Gasteiger partial charge in [-0.15, -0.1) is 0 Å². The summed E-state index contributed by atoms with van der Waals surface area (Å²) in [4.78, 5) is 11.0. The topological polar surface area (TPSA) is 63.3 Å². The maximum absolute atomic E-state index is 11.0. The van der Waals surface area contributed by atoms with Crippen molar-refractivity contribution in [2.24, 2.45) is 22.5 Å². The van der Waals surface area contributed by atoms with Crippen molar-refractivity contribution in [3.05, 3.63) is 0 Å². The minimum atomic E-state index is -0.719. The van der Waals surface area contributed by atoms with E-state index in [4.69, 9.17) is 10.8 Å². The number of carboxylic acids is 1. The van der Waals surface area contributed by atoms with Crippen LogP contribution in [-0.2, 0) is 4.79 Å². The van der Waals surface area contributed by atoms with Crippen molar-refractivity contribution in [2.45, 2.75) is 59.4 Å². The molecule has 0 amide bonds. The molecule has 0 spiro atoms. The lowest BCUT2D eigenvalue weighted by Gasteiger charge is -2.50. The third-order valence-corrected chi connectivity index (χ3v) is 4.49. The molecule has 1 fully saturated rings. The van der Waals surface area contributed by atoms with Crippen LogP contribution in [0.1, 0.15) is 53.4 Å². The third-order valence-electron chi connectivity index (χ3n) is 4.49. The molecule has 1 rings (SSSR count). The average Bonchev–Trinajstić information content (AvgIpc) is 2.08. The van der Waals surface area contributed by atoms with E-state index < -0.39 is 5.97 Å². The minimum absolute atomic E-state index is 0.0466. The van der Waals surface area contributed by atoms with E-state index in [9.17, 15) is 4.79 Å². The number of nitrogens with two attached hydrogens (primary N) is 1. The van der Waals surface area contributed by atoms with Gasteiger partial charge in [-0.2, -0.15) is 0 Å². The molecule has 0 heterocycles. The van der Waals surface area contributed by atoms with E-state index >= 15 is 0 Å². The molecule has 1 saturated carbocycles. The Morgan fingerprint density at radius 2 is 2.06 bits per heavy atom. The van der Waals surface area contributed by atoms with Crippen molar-refractivity contribution < 1.29 is 9.90 Å². The Labute approximate surface area is 98.4 Å². The predicted molar refractivity (Wildman–Crippen MR) is 65.1 cm³/mol. The van der Waals surface area contributed by atoms with Crippen LogP contribution >= 0.6 is 0 Å². The summed E-state index contributed by atoms with van der Waals surface area (Å²) in [6.07, 6.45) is 3.29. The number of hydrogen-bond donors (Lipinski definition) is 2. The fraction of sp³-hybridized carbons (Fsp3) is 0.923. The van der Waals surface area contributed by atoms with Crippen molar-refractivity contribution in [1.82, 2.24) is 0 Å². The van der Waals surface area contributed by atoms with Crippen LogP contribution in [0, 0.1) is 16.7 Å². The van der Waals surface area contributed by atoms with Gasteiger partial charge in [0, 0.05) is 6.04 Å². The highest BCUT2D eigenvalue weighted by molar-refractivity contribution is 5.68. The number of carboxylic acid groups (broad SMARTS) is 1. The molecule has 0 saturated heterocycles. The first-order chi connectivity index (χ1) is 7.19. The fourth-order valence-corrected chi connectivity index (χ4v) is 3.33. The third kappa shape index (κ3) is 2.57. The highest BCUT2D eigenvalue weighted by Gasteiger charge is 2.47. The van der Waals surface area contributed by atoms with E-state index in [0.29, 0.717) is 11.3 Å². The van der Waals surface area contributed by atoms with Crippen molar-refractivity contribution in [2.75, 3.05) is 0 Å². The Morgan fingerprint density at radius 3 is 2.44 bits per heavy atom. The normalized spacial score (nSPS) is 35.7. The zero-order valence-electron chi connectivity index (χ0n) is 10.9. The van der Waals surface area contributed by atoms with Gasteiger partial charge >= 0.3 is 5.97 Å². The minimum Gasteiger partial charge on any atom is -0.481 e. The molecule has 1 aliphatic carbocycles. The maximum atomic E-state index is 11.0. The van der Waals surface area contributed by atoms with Crippen LogP contribution in [0.4, 0.5) is 0 Å². The molecule has 3 unspecified atom stereocenters. The van der Waals surface area contributed by atoms with Crippen LogP contribution in [0.5, 0.6) is 0 Å². The quantitative estimate of drug-likeness (QED) is 0.779. The Morgan fingerprint density at radius 1 is 1.50 bits per heavy atom. The molecule has 3 nitrogen and oxygen atoms in total. The average molecular weight is 227 g/mol. The highest BCUT2D eigenvalue weighted by Crippen LogP contribution is 2.51. The molecule has 3 atom stereocenters. The van der Waals surface area contributed by atoms with Gasteiger partial charge in [-0.25, -0.2) is 0 Å². The van der Waals surface area contributed by atoms with Gasteiger partial charge in [0.05, 0.1) is 6.42 Å². The summed E-state index contributed by atoms with van der Waals surface area (Å²) in [7, 11) is 0. The van der Waals surface area contributed by atoms with Gasteiger partial charge in [-0.1, -0.05) is 20.8 Å². The largest absolute Gasteiger partial charge is 0.481 e. The van der Waals surface area contributed by atoms with Crippen LogP contribution in [0.25, 0.3) is 0 Å². The summed E-state index contributed by atoms with van der Waals surface area (Å²) >= 11 is 0. The molecule has 0 aliphatic heterocycles. The molecule has 16 heavy (non-hydrogen) atoms. The Hall–Kier alpha value is -0.570. The van der Waals surface area contributed by atoms with Crippen LogP contribution in [-0.4, -0.2) is 17.1 Å². The summed E-state index contributed by atoms with van der Waals surface area (Å²) in [5.74, 6) is -0.337. The summed E-state index contributed by atoms with van der Waals surface area (Å²) in [6, 6.07) is -0.0466. The highest BCUT2D eigenvalue weighted by atomic mass is 16.4. The van der Waals surface area contributed by atoms with Crippen LogP contribution in [0.3, 0.4) is 0 Å². The van der Waals surface area contributed by atoms with Gasteiger partial charge in [0.15, 0.2) is 0 Å². The first kappa shape index (κ1) is 13.5. The van der Waals surface area contributed by atoms with E-state index in [-0.39, 0.29) is 17.9 Å². The maximum Gasteiger partial charge on any atom is 0.303 e. The number of hydrogen-bond acceptors (Lipinski definition) is 2. The van der Waals surface area contributed by atoms with Crippen LogP contribution in [0.15, 0.2) is 0 Å². The van der Waals surface area contributed by atoms with E-state index in [0.717, 1.165) is 19.3 Å². The number of carbonyl (C=O) groups is 1. The second-order valence-electron chi connectivity index (χ2n) is 6.36. The van der Waals surface area contributed by atoms with Crippen molar-refractivity contribution in [1.29, 1.82) is 0 Å². The van der Waals surface area contributed by atoms with Gasteiger partial charge in [0.1, 0.15) is 0 Å². The Balaban J connectivity index is 2.91. The Bertz CT molecular complexity index is 273. The van der Waals surface area contributed by atoms with Gasteiger partial charge in [0.25, 0.3) is 0 Å². The first-order valence-electron chi connectivity index (χ1n) is 6.17. The molecule has 0 bridgehead atoms. The van der Waals surface area contributed by atoms with Crippen LogP contribution in [0.2, 0.25) is 0 Å². The molecule has 3 heteroatoms. The summed E-state index contributed by atoms with van der Waals surface area (Å²) in [5, 5.41) is 9.07. The number of aliphatic carboxylic acids is 1. The van der Waals surface area contributed by atoms with E-state index in [1.807, 2.05) is 6.92 Å². The summed E-state index contributed by atoms with van der Waals surface area (Å²) < 4.78 is 0.